The SMILES string of the molecule is CCC(O)(CC)CNC1CCSC1C. The molecule has 0 aliphatic carbocycles. The standard InChI is InChI=1S/C11H23NOS/c1-4-11(13,5-2)8-12-10-6-7-14-9(10)3/h9-10,12-13H,4-8H2,1-3H3. The molecule has 1 heterocycles. The molecule has 1 rings (SSSR count). The number of aliphatic hydroxyl groups is 1. The second-order valence-electron chi connectivity index (χ2n) is 4.28. The molecule has 14 heavy (non-hydrogen) atoms. The van der Waals surface area contributed by atoms with Crippen LogP contribution in [0.25, 0.3) is 0 Å². The highest BCUT2D eigenvalue weighted by Crippen LogP contribution is 2.26. The molecule has 3 heteroatoms. The van der Waals surface area contributed by atoms with Crippen LogP contribution < -0.4 is 5.32 Å². The molecule has 0 bridgehead atoms. The topological polar surface area (TPSA) is 32.3 Å². The van der Waals surface area contributed by atoms with Gasteiger partial charge in [0.15, 0.2) is 0 Å². The minimum atomic E-state index is -0.493. The van der Waals surface area contributed by atoms with Crippen molar-refractivity contribution in [3.8, 4) is 0 Å². The average Bonchev–Trinajstić information content (AvgIpc) is 2.61. The van der Waals surface area contributed by atoms with Crippen LogP contribution in [0.3, 0.4) is 0 Å². The van der Waals surface area contributed by atoms with Gasteiger partial charge in [0.1, 0.15) is 0 Å². The van der Waals surface area contributed by atoms with Gasteiger partial charge in [-0.2, -0.15) is 11.8 Å². The molecule has 2 unspecified atom stereocenters. The van der Waals surface area contributed by atoms with E-state index in [1.807, 2.05) is 11.8 Å². The lowest BCUT2D eigenvalue weighted by molar-refractivity contribution is 0.0300. The third-order valence-corrected chi connectivity index (χ3v) is 4.71. The maximum absolute atomic E-state index is 10.1. The summed E-state index contributed by atoms with van der Waals surface area (Å²) in [5, 5.41) is 14.3. The van der Waals surface area contributed by atoms with E-state index >= 15 is 0 Å². The number of nitrogens with one attached hydrogen (secondary N) is 1. The molecule has 1 fully saturated rings. The Morgan fingerprint density at radius 3 is 2.50 bits per heavy atom. The first-order valence-electron chi connectivity index (χ1n) is 5.68. The highest BCUT2D eigenvalue weighted by Gasteiger charge is 2.27. The molecule has 84 valence electrons. The molecule has 0 aromatic heterocycles. The van der Waals surface area contributed by atoms with E-state index in [0.29, 0.717) is 11.3 Å². The van der Waals surface area contributed by atoms with E-state index in [-0.39, 0.29) is 0 Å². The van der Waals surface area contributed by atoms with Crippen LogP contribution in [0.5, 0.6) is 0 Å². The Morgan fingerprint density at radius 1 is 1.43 bits per heavy atom. The molecular weight excluding hydrogens is 194 g/mol. The highest BCUT2D eigenvalue weighted by atomic mass is 32.2. The fraction of sp³-hybridized carbons (Fsp3) is 1.00. The third kappa shape index (κ3) is 3.14. The summed E-state index contributed by atoms with van der Waals surface area (Å²) in [5.74, 6) is 1.26. The number of hydrogen-bond acceptors (Lipinski definition) is 3. The Hall–Kier alpha value is 0.270. The smallest absolute Gasteiger partial charge is 0.0766 e. The van der Waals surface area contributed by atoms with Gasteiger partial charge >= 0.3 is 0 Å². The van der Waals surface area contributed by atoms with Gasteiger partial charge in [0, 0.05) is 17.8 Å². The highest BCUT2D eigenvalue weighted by molar-refractivity contribution is 8.00. The molecule has 2 atom stereocenters. The van der Waals surface area contributed by atoms with Crippen LogP contribution in [0.2, 0.25) is 0 Å². The summed E-state index contributed by atoms with van der Waals surface area (Å²) in [6, 6.07) is 0.602. The molecule has 2 nitrogen and oxygen atoms in total. The van der Waals surface area contributed by atoms with Gasteiger partial charge in [-0.15, -0.1) is 0 Å². The number of rotatable bonds is 5. The Bertz CT molecular complexity index is 171. The molecule has 2 N–H and O–H groups in total. The molecule has 0 amide bonds. The minimum absolute atomic E-state index is 0.493. The van der Waals surface area contributed by atoms with Gasteiger partial charge in [-0.3, -0.25) is 0 Å². The van der Waals surface area contributed by atoms with Gasteiger partial charge in [0.05, 0.1) is 5.60 Å². The van der Waals surface area contributed by atoms with Crippen LogP contribution in [0.4, 0.5) is 0 Å². The summed E-state index contributed by atoms with van der Waals surface area (Å²) in [4.78, 5) is 0. The third-order valence-electron chi connectivity index (χ3n) is 3.39. The van der Waals surface area contributed by atoms with Gasteiger partial charge in [0.2, 0.25) is 0 Å². The molecule has 0 aromatic carbocycles. The van der Waals surface area contributed by atoms with Crippen molar-refractivity contribution in [2.45, 2.75) is 56.9 Å². The minimum Gasteiger partial charge on any atom is -0.389 e. The van der Waals surface area contributed by atoms with Crippen LogP contribution in [-0.4, -0.2) is 34.3 Å². The molecule has 1 aliphatic heterocycles. The number of thioether (sulfide) groups is 1. The van der Waals surface area contributed by atoms with Gasteiger partial charge in [0.25, 0.3) is 0 Å². The Kier molecular flexibility index (Phi) is 4.74. The van der Waals surface area contributed by atoms with E-state index in [0.717, 1.165) is 19.4 Å². The van der Waals surface area contributed by atoms with Crippen molar-refractivity contribution in [2.24, 2.45) is 0 Å². The summed E-state index contributed by atoms with van der Waals surface area (Å²) in [6.45, 7) is 7.12. The van der Waals surface area contributed by atoms with Crippen molar-refractivity contribution in [2.75, 3.05) is 12.3 Å². The monoisotopic (exact) mass is 217 g/mol. The Balaban J connectivity index is 2.31. The maximum Gasteiger partial charge on any atom is 0.0766 e. The van der Waals surface area contributed by atoms with Crippen molar-refractivity contribution >= 4 is 11.8 Å². The summed E-state index contributed by atoms with van der Waals surface area (Å²) in [5.41, 5.74) is -0.493. The van der Waals surface area contributed by atoms with Crippen molar-refractivity contribution in [3.63, 3.8) is 0 Å². The Labute approximate surface area is 91.9 Å². The molecule has 1 aliphatic rings. The van der Waals surface area contributed by atoms with E-state index in [4.69, 9.17) is 0 Å². The van der Waals surface area contributed by atoms with Crippen LogP contribution in [0.15, 0.2) is 0 Å². The molecule has 1 saturated heterocycles. The zero-order valence-corrected chi connectivity index (χ0v) is 10.4. The lowest BCUT2D eigenvalue weighted by Crippen LogP contribution is -2.45. The molecule has 0 spiro atoms. The van der Waals surface area contributed by atoms with Crippen molar-refractivity contribution in [3.05, 3.63) is 0 Å². The van der Waals surface area contributed by atoms with Crippen LogP contribution >= 0.6 is 11.8 Å². The molecule has 0 aromatic rings. The van der Waals surface area contributed by atoms with Gasteiger partial charge < -0.3 is 10.4 Å². The maximum atomic E-state index is 10.1. The predicted octanol–water partition coefficient (Wildman–Crippen LogP) is 2.02. The van der Waals surface area contributed by atoms with Gasteiger partial charge in [-0.05, 0) is 25.0 Å². The normalized spacial score (nSPS) is 28.3. The summed E-state index contributed by atoms with van der Waals surface area (Å²) < 4.78 is 0. The first-order valence-corrected chi connectivity index (χ1v) is 6.73. The Morgan fingerprint density at radius 2 is 2.07 bits per heavy atom. The van der Waals surface area contributed by atoms with Gasteiger partial charge in [-0.1, -0.05) is 20.8 Å². The quantitative estimate of drug-likeness (QED) is 0.739. The van der Waals surface area contributed by atoms with Crippen molar-refractivity contribution in [1.82, 2.24) is 5.32 Å². The fourth-order valence-electron chi connectivity index (χ4n) is 1.82. The van der Waals surface area contributed by atoms with E-state index in [9.17, 15) is 5.11 Å². The molecular formula is C11H23NOS. The fourth-order valence-corrected chi connectivity index (χ4v) is 3.05. The summed E-state index contributed by atoms with van der Waals surface area (Å²) >= 11 is 2.03. The number of hydrogen-bond donors (Lipinski definition) is 2. The first-order chi connectivity index (χ1) is 6.61. The van der Waals surface area contributed by atoms with Crippen LogP contribution in [0.1, 0.15) is 40.0 Å². The first kappa shape index (κ1) is 12.3. The molecule has 0 saturated carbocycles. The van der Waals surface area contributed by atoms with Crippen LogP contribution in [0, 0.1) is 0 Å². The summed E-state index contributed by atoms with van der Waals surface area (Å²) in [7, 11) is 0. The lowest BCUT2D eigenvalue weighted by atomic mass is 9.97. The van der Waals surface area contributed by atoms with E-state index < -0.39 is 5.60 Å². The second-order valence-corrected chi connectivity index (χ2v) is 5.77. The zero-order valence-electron chi connectivity index (χ0n) is 9.55. The zero-order chi connectivity index (χ0) is 10.6. The second kappa shape index (κ2) is 5.38. The van der Waals surface area contributed by atoms with E-state index in [2.05, 4.69) is 26.1 Å². The lowest BCUT2D eigenvalue weighted by Gasteiger charge is -2.28. The predicted molar refractivity (Wildman–Crippen MR) is 63.9 cm³/mol. The van der Waals surface area contributed by atoms with Crippen LogP contribution in [-0.2, 0) is 0 Å². The largest absolute Gasteiger partial charge is 0.389 e. The summed E-state index contributed by atoms with van der Waals surface area (Å²) in [6.07, 6.45) is 2.92. The average molecular weight is 217 g/mol. The van der Waals surface area contributed by atoms with Gasteiger partial charge in [-0.25, -0.2) is 0 Å². The van der Waals surface area contributed by atoms with E-state index in [1.54, 1.807) is 0 Å². The van der Waals surface area contributed by atoms with Crippen molar-refractivity contribution < 1.29 is 5.11 Å². The van der Waals surface area contributed by atoms with Crippen molar-refractivity contribution in [1.29, 1.82) is 0 Å². The van der Waals surface area contributed by atoms with E-state index in [1.165, 1.54) is 12.2 Å². The molecule has 0 radical (unpaired) electrons.